The summed E-state index contributed by atoms with van der Waals surface area (Å²) in [4.78, 5) is 8.72. The molecule has 1 saturated carbocycles. The SMILES string of the molecule is CCCOc1cc(C)nc(NCC2(O)CCCCCC2)n1. The summed E-state index contributed by atoms with van der Waals surface area (Å²) in [5.41, 5.74) is 0.236. The summed E-state index contributed by atoms with van der Waals surface area (Å²) in [6.07, 6.45) is 7.29. The highest BCUT2D eigenvalue weighted by Gasteiger charge is 2.27. The first-order valence-corrected chi connectivity index (χ1v) is 8.06. The lowest BCUT2D eigenvalue weighted by atomic mass is 9.95. The third-order valence-electron chi connectivity index (χ3n) is 3.89. The molecule has 5 nitrogen and oxygen atoms in total. The zero-order valence-corrected chi connectivity index (χ0v) is 13.2. The monoisotopic (exact) mass is 293 g/mol. The van der Waals surface area contributed by atoms with Gasteiger partial charge in [-0.1, -0.05) is 32.6 Å². The van der Waals surface area contributed by atoms with E-state index in [1.54, 1.807) is 0 Å². The number of nitrogens with one attached hydrogen (secondary N) is 1. The van der Waals surface area contributed by atoms with Crippen molar-refractivity contribution in [3.05, 3.63) is 11.8 Å². The van der Waals surface area contributed by atoms with Crippen molar-refractivity contribution in [1.82, 2.24) is 9.97 Å². The number of nitrogens with zero attached hydrogens (tertiary/aromatic N) is 2. The van der Waals surface area contributed by atoms with E-state index in [0.717, 1.165) is 37.8 Å². The van der Waals surface area contributed by atoms with Gasteiger partial charge in [-0.3, -0.25) is 0 Å². The lowest BCUT2D eigenvalue weighted by molar-refractivity contribution is 0.0379. The summed E-state index contributed by atoms with van der Waals surface area (Å²) in [5.74, 6) is 1.14. The topological polar surface area (TPSA) is 67.3 Å². The average molecular weight is 293 g/mol. The Balaban J connectivity index is 1.96. The van der Waals surface area contributed by atoms with Crippen molar-refractivity contribution >= 4 is 5.95 Å². The maximum Gasteiger partial charge on any atom is 0.226 e. The van der Waals surface area contributed by atoms with E-state index in [4.69, 9.17) is 4.74 Å². The minimum absolute atomic E-state index is 0.504. The summed E-state index contributed by atoms with van der Waals surface area (Å²) in [6, 6.07) is 1.83. The normalized spacial score (nSPS) is 18.0. The second-order valence-corrected chi connectivity index (χ2v) is 6.01. The molecule has 5 heteroatoms. The van der Waals surface area contributed by atoms with Crippen LogP contribution < -0.4 is 10.1 Å². The van der Waals surface area contributed by atoms with Crippen LogP contribution >= 0.6 is 0 Å². The molecule has 1 aliphatic rings. The van der Waals surface area contributed by atoms with E-state index in [-0.39, 0.29) is 0 Å². The highest BCUT2D eigenvalue weighted by molar-refractivity contribution is 5.31. The summed E-state index contributed by atoms with van der Waals surface area (Å²) in [6.45, 7) is 5.14. The molecule has 0 radical (unpaired) electrons. The van der Waals surface area contributed by atoms with Crippen molar-refractivity contribution in [3.63, 3.8) is 0 Å². The number of rotatable bonds is 6. The molecular formula is C16H27N3O2. The third kappa shape index (κ3) is 5.16. The molecular weight excluding hydrogens is 266 g/mol. The number of ether oxygens (including phenoxy) is 1. The fraction of sp³-hybridized carbons (Fsp3) is 0.750. The fourth-order valence-corrected chi connectivity index (χ4v) is 2.71. The lowest BCUT2D eigenvalue weighted by Gasteiger charge is -2.26. The molecule has 2 rings (SSSR count). The second-order valence-electron chi connectivity index (χ2n) is 6.01. The molecule has 1 fully saturated rings. The van der Waals surface area contributed by atoms with E-state index in [0.29, 0.717) is 25.0 Å². The van der Waals surface area contributed by atoms with Crippen LogP contribution in [-0.4, -0.2) is 33.8 Å². The largest absolute Gasteiger partial charge is 0.478 e. The number of anilines is 1. The highest BCUT2D eigenvalue weighted by atomic mass is 16.5. The van der Waals surface area contributed by atoms with Crippen LogP contribution in [-0.2, 0) is 0 Å². The third-order valence-corrected chi connectivity index (χ3v) is 3.89. The molecule has 0 unspecified atom stereocenters. The van der Waals surface area contributed by atoms with Crippen molar-refractivity contribution in [2.75, 3.05) is 18.5 Å². The van der Waals surface area contributed by atoms with E-state index < -0.39 is 5.60 Å². The van der Waals surface area contributed by atoms with Gasteiger partial charge in [-0.15, -0.1) is 0 Å². The lowest BCUT2D eigenvalue weighted by Crippen LogP contribution is -2.36. The van der Waals surface area contributed by atoms with Crippen LogP contribution in [0.25, 0.3) is 0 Å². The molecule has 0 aromatic carbocycles. The molecule has 0 amide bonds. The molecule has 0 aliphatic heterocycles. The van der Waals surface area contributed by atoms with Crippen LogP contribution in [0.1, 0.15) is 57.6 Å². The molecule has 0 saturated heterocycles. The van der Waals surface area contributed by atoms with Gasteiger partial charge in [0.2, 0.25) is 11.8 Å². The van der Waals surface area contributed by atoms with Gasteiger partial charge in [0.25, 0.3) is 0 Å². The van der Waals surface area contributed by atoms with Gasteiger partial charge in [-0.05, 0) is 26.2 Å². The minimum Gasteiger partial charge on any atom is -0.478 e. The highest BCUT2D eigenvalue weighted by Crippen LogP contribution is 2.27. The van der Waals surface area contributed by atoms with E-state index in [1.165, 1.54) is 12.8 Å². The van der Waals surface area contributed by atoms with Crippen LogP contribution in [0.2, 0.25) is 0 Å². The van der Waals surface area contributed by atoms with E-state index in [1.807, 2.05) is 13.0 Å². The summed E-state index contributed by atoms with van der Waals surface area (Å²) in [7, 11) is 0. The molecule has 1 heterocycles. The average Bonchev–Trinajstić information content (AvgIpc) is 2.68. The van der Waals surface area contributed by atoms with Gasteiger partial charge in [0.15, 0.2) is 0 Å². The van der Waals surface area contributed by atoms with Crippen LogP contribution in [0.3, 0.4) is 0 Å². The van der Waals surface area contributed by atoms with Gasteiger partial charge in [0, 0.05) is 18.3 Å². The molecule has 2 N–H and O–H groups in total. The molecule has 1 aromatic heterocycles. The molecule has 0 spiro atoms. The maximum atomic E-state index is 10.6. The quantitative estimate of drug-likeness (QED) is 0.789. The Bertz CT molecular complexity index is 443. The first kappa shape index (κ1) is 16.0. The van der Waals surface area contributed by atoms with Crippen LogP contribution in [0, 0.1) is 6.92 Å². The Morgan fingerprint density at radius 3 is 2.62 bits per heavy atom. The van der Waals surface area contributed by atoms with Gasteiger partial charge < -0.3 is 15.2 Å². The van der Waals surface area contributed by atoms with E-state index >= 15 is 0 Å². The zero-order chi connectivity index (χ0) is 15.1. The Hall–Kier alpha value is -1.36. The number of hydrogen-bond acceptors (Lipinski definition) is 5. The molecule has 21 heavy (non-hydrogen) atoms. The maximum absolute atomic E-state index is 10.6. The van der Waals surface area contributed by atoms with E-state index in [2.05, 4.69) is 22.2 Å². The smallest absolute Gasteiger partial charge is 0.226 e. The standard InChI is InChI=1S/C16H27N3O2/c1-3-10-21-14-11-13(2)18-15(19-14)17-12-16(20)8-6-4-5-7-9-16/h11,20H,3-10,12H2,1-2H3,(H,17,18,19). The fourth-order valence-electron chi connectivity index (χ4n) is 2.71. The Morgan fingerprint density at radius 2 is 1.95 bits per heavy atom. The number of aromatic nitrogens is 2. The predicted octanol–water partition coefficient (Wildman–Crippen LogP) is 3.07. The summed E-state index contributed by atoms with van der Waals surface area (Å²) >= 11 is 0. The molecule has 1 aromatic rings. The molecule has 0 atom stereocenters. The van der Waals surface area contributed by atoms with Gasteiger partial charge >= 0.3 is 0 Å². The molecule has 0 bridgehead atoms. The van der Waals surface area contributed by atoms with Gasteiger partial charge in [-0.25, -0.2) is 4.98 Å². The van der Waals surface area contributed by atoms with Crippen molar-refractivity contribution < 1.29 is 9.84 Å². The Morgan fingerprint density at radius 1 is 1.24 bits per heavy atom. The van der Waals surface area contributed by atoms with Crippen molar-refractivity contribution in [1.29, 1.82) is 0 Å². The van der Waals surface area contributed by atoms with Gasteiger partial charge in [-0.2, -0.15) is 4.98 Å². The van der Waals surface area contributed by atoms with Crippen molar-refractivity contribution in [3.8, 4) is 5.88 Å². The zero-order valence-electron chi connectivity index (χ0n) is 13.2. The number of aliphatic hydroxyl groups is 1. The van der Waals surface area contributed by atoms with Crippen molar-refractivity contribution in [2.24, 2.45) is 0 Å². The van der Waals surface area contributed by atoms with Gasteiger partial charge in [0.05, 0.1) is 12.2 Å². The summed E-state index contributed by atoms with van der Waals surface area (Å²) < 4.78 is 5.56. The van der Waals surface area contributed by atoms with Crippen LogP contribution in [0.15, 0.2) is 6.07 Å². The Kier molecular flexibility index (Phi) is 5.79. The first-order valence-electron chi connectivity index (χ1n) is 8.06. The van der Waals surface area contributed by atoms with Crippen molar-refractivity contribution in [2.45, 2.75) is 64.4 Å². The Labute approximate surface area is 127 Å². The van der Waals surface area contributed by atoms with Gasteiger partial charge in [0.1, 0.15) is 0 Å². The predicted molar refractivity (Wildman–Crippen MR) is 83.7 cm³/mol. The summed E-state index contributed by atoms with van der Waals surface area (Å²) in [5, 5.41) is 13.8. The number of hydrogen-bond donors (Lipinski definition) is 2. The minimum atomic E-state index is -0.631. The van der Waals surface area contributed by atoms with Crippen LogP contribution in [0.4, 0.5) is 5.95 Å². The number of aryl methyl sites for hydroxylation is 1. The van der Waals surface area contributed by atoms with Crippen LogP contribution in [0.5, 0.6) is 5.88 Å². The molecule has 1 aliphatic carbocycles. The first-order chi connectivity index (χ1) is 10.1. The molecule has 118 valence electrons. The second kappa shape index (κ2) is 7.59. The van der Waals surface area contributed by atoms with E-state index in [9.17, 15) is 5.11 Å².